The van der Waals surface area contributed by atoms with Crippen LogP contribution in [0.25, 0.3) is 6.08 Å². The average Bonchev–Trinajstić information content (AvgIpc) is 2.49. The summed E-state index contributed by atoms with van der Waals surface area (Å²) in [6.45, 7) is 5.55. The lowest BCUT2D eigenvalue weighted by molar-refractivity contribution is -0.148. The van der Waals surface area contributed by atoms with Gasteiger partial charge in [-0.15, -0.1) is 0 Å². The van der Waals surface area contributed by atoms with E-state index in [-0.39, 0.29) is 5.97 Å². The Morgan fingerprint density at radius 2 is 2.21 bits per heavy atom. The van der Waals surface area contributed by atoms with E-state index in [0.29, 0.717) is 0 Å². The van der Waals surface area contributed by atoms with Gasteiger partial charge in [-0.25, -0.2) is 4.79 Å². The van der Waals surface area contributed by atoms with Crippen LogP contribution in [0.3, 0.4) is 0 Å². The molecule has 1 heterocycles. The van der Waals surface area contributed by atoms with Crippen molar-refractivity contribution in [1.29, 1.82) is 0 Å². The fourth-order valence-corrected chi connectivity index (χ4v) is 1.50. The zero-order valence-corrected chi connectivity index (χ0v) is 9.43. The predicted octanol–water partition coefficient (Wildman–Crippen LogP) is 3.10. The van der Waals surface area contributed by atoms with E-state index in [1.54, 1.807) is 17.4 Å². The van der Waals surface area contributed by atoms with Crippen LogP contribution < -0.4 is 0 Å². The molecule has 0 aliphatic heterocycles. The first-order valence-corrected chi connectivity index (χ1v) is 5.35. The third kappa shape index (κ3) is 4.23. The summed E-state index contributed by atoms with van der Waals surface area (Å²) in [7, 11) is 0. The summed E-state index contributed by atoms with van der Waals surface area (Å²) in [6.07, 6.45) is 3.21. The highest BCUT2D eigenvalue weighted by atomic mass is 32.1. The molecule has 0 amide bonds. The van der Waals surface area contributed by atoms with Gasteiger partial charge in [0.2, 0.25) is 0 Å². The number of hydrogen-bond donors (Lipinski definition) is 0. The van der Waals surface area contributed by atoms with Gasteiger partial charge in [0.05, 0.1) is 0 Å². The first-order chi connectivity index (χ1) is 6.47. The van der Waals surface area contributed by atoms with Gasteiger partial charge in [-0.1, -0.05) is 0 Å². The Morgan fingerprint density at radius 1 is 1.50 bits per heavy atom. The molecule has 14 heavy (non-hydrogen) atoms. The van der Waals surface area contributed by atoms with E-state index < -0.39 is 5.60 Å². The number of thiophene rings is 1. The van der Waals surface area contributed by atoms with Crippen molar-refractivity contribution in [2.45, 2.75) is 26.4 Å². The summed E-state index contributed by atoms with van der Waals surface area (Å²) < 4.78 is 5.11. The molecule has 1 aromatic heterocycles. The van der Waals surface area contributed by atoms with Crippen molar-refractivity contribution in [3.8, 4) is 0 Å². The lowest BCUT2D eigenvalue weighted by Gasteiger charge is -2.17. The van der Waals surface area contributed by atoms with Gasteiger partial charge >= 0.3 is 5.97 Å². The molecule has 76 valence electrons. The molecule has 1 rings (SSSR count). The largest absolute Gasteiger partial charge is 0.457 e. The lowest BCUT2D eigenvalue weighted by Crippen LogP contribution is -2.22. The fourth-order valence-electron chi connectivity index (χ4n) is 0.870. The molecule has 3 heteroatoms. The molecule has 0 aromatic carbocycles. The van der Waals surface area contributed by atoms with E-state index in [1.807, 2.05) is 37.6 Å². The molecule has 2 nitrogen and oxygen atoms in total. The van der Waals surface area contributed by atoms with Gasteiger partial charge in [-0.05, 0) is 49.2 Å². The molecule has 0 aliphatic carbocycles. The second kappa shape index (κ2) is 4.42. The van der Waals surface area contributed by atoms with Crippen LogP contribution in [0.5, 0.6) is 0 Å². The van der Waals surface area contributed by atoms with E-state index >= 15 is 0 Å². The molecular weight excluding hydrogens is 196 g/mol. The number of carbonyl (C=O) groups is 1. The van der Waals surface area contributed by atoms with Crippen LogP contribution in [0.1, 0.15) is 26.3 Å². The Balaban J connectivity index is 2.49. The molecule has 0 fully saturated rings. The van der Waals surface area contributed by atoms with Crippen LogP contribution in [0.15, 0.2) is 22.9 Å². The van der Waals surface area contributed by atoms with E-state index in [2.05, 4.69) is 0 Å². The van der Waals surface area contributed by atoms with Crippen molar-refractivity contribution >= 4 is 23.4 Å². The van der Waals surface area contributed by atoms with Crippen molar-refractivity contribution in [2.24, 2.45) is 0 Å². The zero-order valence-electron chi connectivity index (χ0n) is 8.61. The third-order valence-corrected chi connectivity index (χ3v) is 2.06. The van der Waals surface area contributed by atoms with Gasteiger partial charge in [-0.2, -0.15) is 11.3 Å². The highest BCUT2D eigenvalue weighted by Gasteiger charge is 2.13. The van der Waals surface area contributed by atoms with Crippen LogP contribution in [0.4, 0.5) is 0 Å². The van der Waals surface area contributed by atoms with Gasteiger partial charge in [0.25, 0.3) is 0 Å². The summed E-state index contributed by atoms with van der Waals surface area (Å²) in [4.78, 5) is 11.2. The number of esters is 1. The average molecular weight is 210 g/mol. The van der Waals surface area contributed by atoms with Gasteiger partial charge in [0.1, 0.15) is 5.60 Å². The minimum atomic E-state index is -0.421. The maximum Gasteiger partial charge on any atom is 0.331 e. The Labute approximate surface area is 88.2 Å². The second-order valence-corrected chi connectivity index (χ2v) is 4.70. The van der Waals surface area contributed by atoms with Crippen LogP contribution in [-0.4, -0.2) is 11.6 Å². The van der Waals surface area contributed by atoms with Crippen molar-refractivity contribution in [3.63, 3.8) is 0 Å². The van der Waals surface area contributed by atoms with Crippen molar-refractivity contribution in [2.75, 3.05) is 0 Å². The van der Waals surface area contributed by atoms with Crippen LogP contribution in [0.2, 0.25) is 0 Å². The fraction of sp³-hybridized carbons (Fsp3) is 0.364. The van der Waals surface area contributed by atoms with Crippen LogP contribution in [-0.2, 0) is 9.53 Å². The Morgan fingerprint density at radius 3 is 2.71 bits per heavy atom. The van der Waals surface area contributed by atoms with Gasteiger partial charge in [-0.3, -0.25) is 0 Å². The van der Waals surface area contributed by atoms with E-state index in [9.17, 15) is 4.79 Å². The standard InChI is InChI=1S/C11H14O2S/c1-11(2,3)13-10(12)5-4-9-6-7-14-8-9/h4-8H,1-3H3. The molecule has 1 aromatic rings. The summed E-state index contributed by atoms with van der Waals surface area (Å²) in [6, 6.07) is 1.95. The second-order valence-electron chi connectivity index (χ2n) is 3.92. The molecule has 0 unspecified atom stereocenters. The quantitative estimate of drug-likeness (QED) is 0.554. The lowest BCUT2D eigenvalue weighted by atomic mass is 10.2. The third-order valence-electron chi connectivity index (χ3n) is 1.36. The molecular formula is C11H14O2S. The van der Waals surface area contributed by atoms with Crippen molar-refractivity contribution < 1.29 is 9.53 Å². The topological polar surface area (TPSA) is 26.3 Å². The number of ether oxygens (including phenoxy) is 1. The molecule has 0 bridgehead atoms. The van der Waals surface area contributed by atoms with Crippen LogP contribution >= 0.6 is 11.3 Å². The molecule has 0 saturated carbocycles. The number of rotatable bonds is 2. The minimum Gasteiger partial charge on any atom is -0.457 e. The SMILES string of the molecule is CC(C)(C)OC(=O)C=Cc1ccsc1. The molecule has 0 N–H and O–H groups in total. The summed E-state index contributed by atoms with van der Waals surface area (Å²) >= 11 is 1.60. The minimum absolute atomic E-state index is 0.302. The highest BCUT2D eigenvalue weighted by Crippen LogP contribution is 2.10. The molecule has 0 atom stereocenters. The van der Waals surface area contributed by atoms with Crippen molar-refractivity contribution in [1.82, 2.24) is 0 Å². The Bertz CT molecular complexity index is 318. The highest BCUT2D eigenvalue weighted by molar-refractivity contribution is 7.08. The maximum atomic E-state index is 11.2. The smallest absolute Gasteiger partial charge is 0.331 e. The summed E-state index contributed by atoms with van der Waals surface area (Å²) in [5.74, 6) is -0.302. The summed E-state index contributed by atoms with van der Waals surface area (Å²) in [5.41, 5.74) is 0.608. The molecule has 0 radical (unpaired) electrons. The molecule has 0 spiro atoms. The van der Waals surface area contributed by atoms with Gasteiger partial charge < -0.3 is 4.74 Å². The first kappa shape index (κ1) is 11.0. The van der Waals surface area contributed by atoms with E-state index in [1.165, 1.54) is 6.08 Å². The first-order valence-electron chi connectivity index (χ1n) is 4.41. The monoisotopic (exact) mass is 210 g/mol. The van der Waals surface area contributed by atoms with E-state index in [0.717, 1.165) is 5.56 Å². The Hall–Kier alpha value is -1.09. The molecule has 0 aliphatic rings. The van der Waals surface area contributed by atoms with Gasteiger partial charge in [0.15, 0.2) is 0 Å². The normalized spacial score (nSPS) is 11.9. The van der Waals surface area contributed by atoms with Crippen molar-refractivity contribution in [3.05, 3.63) is 28.5 Å². The Kier molecular flexibility index (Phi) is 3.47. The number of hydrogen-bond acceptors (Lipinski definition) is 3. The van der Waals surface area contributed by atoms with E-state index in [4.69, 9.17) is 4.74 Å². The zero-order chi connectivity index (χ0) is 10.6. The van der Waals surface area contributed by atoms with Crippen LogP contribution in [0, 0.1) is 0 Å². The molecule has 0 saturated heterocycles. The number of carbonyl (C=O) groups excluding carboxylic acids is 1. The predicted molar refractivity (Wildman–Crippen MR) is 59.2 cm³/mol. The van der Waals surface area contributed by atoms with Gasteiger partial charge in [0, 0.05) is 6.08 Å². The summed E-state index contributed by atoms with van der Waals surface area (Å²) in [5, 5.41) is 3.94. The maximum absolute atomic E-state index is 11.2.